The zero-order chi connectivity index (χ0) is 11.0. The number of rotatable bonds is 7. The van der Waals surface area contributed by atoms with E-state index in [9.17, 15) is 4.79 Å². The molecule has 0 radical (unpaired) electrons. The summed E-state index contributed by atoms with van der Waals surface area (Å²) in [4.78, 5) is 11.6. The number of hydrogen-bond acceptors (Lipinski definition) is 3. The van der Waals surface area contributed by atoms with Gasteiger partial charge in [0.1, 0.15) is 0 Å². The van der Waals surface area contributed by atoms with Crippen LogP contribution in [0.4, 0.5) is 0 Å². The molecule has 14 heavy (non-hydrogen) atoms. The summed E-state index contributed by atoms with van der Waals surface area (Å²) in [6, 6.07) is 0. The first-order chi connectivity index (χ1) is 6.63. The minimum Gasteiger partial charge on any atom is -0.313 e. The third-order valence-electron chi connectivity index (χ3n) is 1.87. The maximum Gasteiger partial charge on any atom is 0.238 e. The molecule has 0 aromatic rings. The van der Waals surface area contributed by atoms with E-state index in [2.05, 4.69) is 11.9 Å². The quantitative estimate of drug-likeness (QED) is 0.368. The van der Waals surface area contributed by atoms with Gasteiger partial charge in [-0.2, -0.15) is 0 Å². The Labute approximate surface area is 86.5 Å². The van der Waals surface area contributed by atoms with E-state index in [0.717, 1.165) is 6.54 Å². The molecule has 0 aromatic heterocycles. The lowest BCUT2D eigenvalue weighted by atomic mass is 10.3. The van der Waals surface area contributed by atoms with Gasteiger partial charge < -0.3 is 5.32 Å². The molecule has 0 bridgehead atoms. The van der Waals surface area contributed by atoms with Crippen molar-refractivity contribution < 1.29 is 4.79 Å². The summed E-state index contributed by atoms with van der Waals surface area (Å²) in [6.45, 7) is 7.73. The average molecular weight is 199 g/mol. The molecule has 4 nitrogen and oxygen atoms in total. The highest BCUT2D eigenvalue weighted by Gasteiger charge is 2.12. The van der Waals surface area contributed by atoms with E-state index in [0.29, 0.717) is 19.5 Å². The average Bonchev–Trinajstić information content (AvgIpc) is 2.13. The third-order valence-corrected chi connectivity index (χ3v) is 1.87. The lowest BCUT2D eigenvalue weighted by molar-refractivity contribution is -0.144. The lowest BCUT2D eigenvalue weighted by Crippen LogP contribution is -2.42. The van der Waals surface area contributed by atoms with Gasteiger partial charge in [0.2, 0.25) is 5.91 Å². The number of carbonyl (C=O) groups excluding carboxylic acids is 1. The second-order valence-electron chi connectivity index (χ2n) is 3.20. The maximum absolute atomic E-state index is 11.6. The highest BCUT2D eigenvalue weighted by molar-refractivity contribution is 5.75. The van der Waals surface area contributed by atoms with Crippen molar-refractivity contribution in [2.24, 2.45) is 0 Å². The van der Waals surface area contributed by atoms with E-state index >= 15 is 0 Å². The Morgan fingerprint density at radius 3 is 2.57 bits per heavy atom. The molecule has 0 aliphatic heterocycles. The zero-order valence-electron chi connectivity index (χ0n) is 9.42. The highest BCUT2D eigenvalue weighted by atomic mass is 16.2. The number of amides is 1. The van der Waals surface area contributed by atoms with E-state index in [1.165, 1.54) is 0 Å². The summed E-state index contributed by atoms with van der Waals surface area (Å²) >= 11 is 0. The normalized spacial score (nSPS) is 10.3. The number of hydrogen-bond donors (Lipinski definition) is 1. The minimum atomic E-state index is 0.147. The zero-order valence-corrected chi connectivity index (χ0v) is 9.42. The Morgan fingerprint density at radius 2 is 2.14 bits per heavy atom. The molecular weight excluding hydrogens is 178 g/mol. The van der Waals surface area contributed by atoms with Crippen LogP contribution in [0.5, 0.6) is 0 Å². The largest absolute Gasteiger partial charge is 0.313 e. The van der Waals surface area contributed by atoms with Crippen LogP contribution in [0.15, 0.2) is 12.7 Å². The molecule has 0 saturated carbocycles. The fourth-order valence-electron chi connectivity index (χ4n) is 1.21. The van der Waals surface area contributed by atoms with Crippen molar-refractivity contribution in [2.45, 2.75) is 13.3 Å². The van der Waals surface area contributed by atoms with Crippen molar-refractivity contribution in [3.8, 4) is 0 Å². The van der Waals surface area contributed by atoms with Crippen LogP contribution in [0.3, 0.4) is 0 Å². The Bertz CT molecular complexity index is 180. The molecule has 0 atom stereocenters. The fourth-order valence-corrected chi connectivity index (χ4v) is 1.21. The Hall–Kier alpha value is -0.870. The molecule has 0 fully saturated rings. The summed E-state index contributed by atoms with van der Waals surface area (Å²) in [6.07, 6.45) is 2.31. The first-order valence-corrected chi connectivity index (χ1v) is 4.92. The number of nitrogens with zero attached hydrogens (tertiary/aromatic N) is 2. The molecule has 0 heterocycles. The second kappa shape index (κ2) is 7.53. The van der Waals surface area contributed by atoms with Crippen LogP contribution in [0.2, 0.25) is 0 Å². The summed E-state index contributed by atoms with van der Waals surface area (Å²) in [5, 5.41) is 6.63. The molecule has 0 saturated heterocycles. The molecule has 1 N–H and O–H groups in total. The van der Waals surface area contributed by atoms with Crippen molar-refractivity contribution >= 4 is 5.91 Å². The predicted octanol–water partition coefficient (Wildman–Crippen LogP) is 0.477. The van der Waals surface area contributed by atoms with E-state index in [1.807, 2.05) is 26.0 Å². The molecule has 4 heteroatoms. The number of nitrogens with one attached hydrogen (secondary N) is 1. The topological polar surface area (TPSA) is 35.6 Å². The van der Waals surface area contributed by atoms with Gasteiger partial charge in [-0.05, 0) is 6.92 Å². The molecule has 0 unspecified atom stereocenters. The first kappa shape index (κ1) is 13.1. The van der Waals surface area contributed by atoms with Crippen molar-refractivity contribution in [1.82, 2.24) is 15.3 Å². The van der Waals surface area contributed by atoms with Crippen molar-refractivity contribution in [2.75, 3.05) is 33.7 Å². The number of hydrazine groups is 1. The van der Waals surface area contributed by atoms with Gasteiger partial charge in [0.25, 0.3) is 0 Å². The van der Waals surface area contributed by atoms with Gasteiger partial charge in [0, 0.05) is 40.2 Å². The van der Waals surface area contributed by atoms with Gasteiger partial charge >= 0.3 is 0 Å². The molecule has 1 amide bonds. The molecule has 0 aromatic carbocycles. The maximum atomic E-state index is 11.6. The van der Waals surface area contributed by atoms with Gasteiger partial charge in [-0.3, -0.25) is 9.80 Å². The predicted molar refractivity (Wildman–Crippen MR) is 58.8 cm³/mol. The van der Waals surface area contributed by atoms with Crippen molar-refractivity contribution in [1.29, 1.82) is 0 Å². The van der Waals surface area contributed by atoms with Crippen molar-refractivity contribution in [3.63, 3.8) is 0 Å². The SMILES string of the molecule is C=CCNCCC(=O)N(CC)N(C)C. The Kier molecular flexibility index (Phi) is 7.06. The van der Waals surface area contributed by atoms with Crippen molar-refractivity contribution in [3.05, 3.63) is 12.7 Å². The van der Waals surface area contributed by atoms with Gasteiger partial charge in [0.05, 0.1) is 0 Å². The van der Waals surface area contributed by atoms with E-state index in [1.54, 1.807) is 11.1 Å². The fraction of sp³-hybridized carbons (Fsp3) is 0.700. The van der Waals surface area contributed by atoms with E-state index < -0.39 is 0 Å². The van der Waals surface area contributed by atoms with Gasteiger partial charge in [-0.15, -0.1) is 6.58 Å². The van der Waals surface area contributed by atoms with Crippen LogP contribution < -0.4 is 5.32 Å². The smallest absolute Gasteiger partial charge is 0.238 e. The standard InChI is InChI=1S/C10H21N3O/c1-5-8-11-9-7-10(14)13(6-2)12(3)4/h5,11H,1,6-9H2,2-4H3. The van der Waals surface area contributed by atoms with Crippen LogP contribution in [-0.2, 0) is 4.79 Å². The van der Waals surface area contributed by atoms with Gasteiger partial charge in [-0.25, -0.2) is 5.01 Å². The third kappa shape index (κ3) is 4.99. The van der Waals surface area contributed by atoms with Crippen LogP contribution >= 0.6 is 0 Å². The van der Waals surface area contributed by atoms with E-state index in [4.69, 9.17) is 0 Å². The van der Waals surface area contributed by atoms with Gasteiger partial charge in [0.15, 0.2) is 0 Å². The molecule has 0 spiro atoms. The summed E-state index contributed by atoms with van der Waals surface area (Å²) < 4.78 is 0. The Morgan fingerprint density at radius 1 is 1.50 bits per heavy atom. The first-order valence-electron chi connectivity index (χ1n) is 4.92. The Balaban J connectivity index is 3.75. The second-order valence-corrected chi connectivity index (χ2v) is 3.20. The van der Waals surface area contributed by atoms with Crippen LogP contribution in [-0.4, -0.2) is 49.7 Å². The van der Waals surface area contributed by atoms with Crippen LogP contribution in [0.25, 0.3) is 0 Å². The molecule has 0 rings (SSSR count). The monoisotopic (exact) mass is 199 g/mol. The van der Waals surface area contributed by atoms with Gasteiger partial charge in [-0.1, -0.05) is 6.08 Å². The molecular formula is C10H21N3O. The summed E-state index contributed by atoms with van der Waals surface area (Å²) in [5.74, 6) is 0.147. The summed E-state index contributed by atoms with van der Waals surface area (Å²) in [5.41, 5.74) is 0. The highest BCUT2D eigenvalue weighted by Crippen LogP contribution is 1.95. The van der Waals surface area contributed by atoms with Crippen LogP contribution in [0.1, 0.15) is 13.3 Å². The minimum absolute atomic E-state index is 0.147. The molecule has 0 aliphatic rings. The molecule has 0 aliphatic carbocycles. The lowest BCUT2D eigenvalue weighted by Gasteiger charge is -2.27. The molecule has 82 valence electrons. The van der Waals surface area contributed by atoms with E-state index in [-0.39, 0.29) is 5.91 Å². The number of carbonyl (C=O) groups is 1. The summed E-state index contributed by atoms with van der Waals surface area (Å²) in [7, 11) is 3.75. The van der Waals surface area contributed by atoms with Crippen LogP contribution in [0, 0.1) is 0 Å².